The van der Waals surface area contributed by atoms with Crippen molar-refractivity contribution in [1.29, 1.82) is 5.26 Å². The summed E-state index contributed by atoms with van der Waals surface area (Å²) in [6, 6.07) is 6.41. The minimum Gasteiger partial charge on any atom is -0.251 e. The lowest BCUT2D eigenvalue weighted by molar-refractivity contribution is 0.151. The fraction of sp³-hybridized carbons (Fsp3) is 0.462. The van der Waals surface area contributed by atoms with E-state index in [0.29, 0.717) is 12.1 Å². The van der Waals surface area contributed by atoms with Gasteiger partial charge in [-0.15, -0.1) is 0 Å². The Bertz CT molecular complexity index is 419. The fourth-order valence-corrected chi connectivity index (χ4v) is 2.07. The van der Waals surface area contributed by atoms with Gasteiger partial charge in [-0.1, -0.05) is 6.42 Å². The highest BCUT2D eigenvalue weighted by Crippen LogP contribution is 2.10. The van der Waals surface area contributed by atoms with E-state index in [0.717, 1.165) is 18.7 Å². The quantitative estimate of drug-likeness (QED) is 0.869. The molecule has 1 saturated heterocycles. The monoisotopic (exact) mass is 233 g/mol. The molecule has 1 aliphatic heterocycles. The second-order valence-corrected chi connectivity index (χ2v) is 4.34. The van der Waals surface area contributed by atoms with Crippen LogP contribution in [-0.4, -0.2) is 18.1 Å². The number of piperidine rings is 1. The van der Waals surface area contributed by atoms with E-state index < -0.39 is 0 Å². The molecule has 1 heterocycles. The molecule has 1 N–H and O–H groups in total. The third kappa shape index (κ3) is 3.52. The molecule has 0 saturated carbocycles. The average Bonchev–Trinajstić information content (AvgIpc) is 2.37. The molecule has 0 spiro atoms. The maximum Gasteiger partial charge on any atom is 0.124 e. The maximum absolute atomic E-state index is 13.2. The predicted molar refractivity (Wildman–Crippen MR) is 63.4 cm³/mol. The highest BCUT2D eigenvalue weighted by molar-refractivity contribution is 5.33. The summed E-state index contributed by atoms with van der Waals surface area (Å²) in [5, 5.41) is 10.9. The number of benzene rings is 1. The molecule has 0 radical (unpaired) electrons. The van der Waals surface area contributed by atoms with Crippen LogP contribution in [0.1, 0.15) is 30.4 Å². The minimum atomic E-state index is -0.348. The van der Waals surface area contributed by atoms with Gasteiger partial charge in [-0.05, 0) is 36.6 Å². The third-order valence-corrected chi connectivity index (χ3v) is 2.95. The number of nitrogens with one attached hydrogen (secondary N) is 1. The summed E-state index contributed by atoms with van der Waals surface area (Å²) >= 11 is 0. The zero-order valence-corrected chi connectivity index (χ0v) is 9.75. The normalized spacial score (nSPS) is 16.7. The summed E-state index contributed by atoms with van der Waals surface area (Å²) in [5.74, 6) is -0.348. The van der Waals surface area contributed by atoms with E-state index in [2.05, 4.69) is 10.4 Å². The van der Waals surface area contributed by atoms with Gasteiger partial charge in [-0.3, -0.25) is 5.43 Å². The molecule has 0 amide bonds. The van der Waals surface area contributed by atoms with E-state index in [1.165, 1.54) is 31.4 Å². The van der Waals surface area contributed by atoms with Gasteiger partial charge in [0.1, 0.15) is 5.82 Å². The molecule has 0 aromatic heterocycles. The molecule has 3 nitrogen and oxygen atoms in total. The smallest absolute Gasteiger partial charge is 0.124 e. The Morgan fingerprint density at radius 1 is 1.24 bits per heavy atom. The standard InChI is InChI=1S/C13H16FN3/c14-13-7-11(9-15)6-12(8-13)10-16-17-4-2-1-3-5-17/h6-8,16H,1-5,10H2. The van der Waals surface area contributed by atoms with Crippen LogP contribution in [0.4, 0.5) is 4.39 Å². The Hall–Kier alpha value is -1.44. The average molecular weight is 233 g/mol. The number of nitriles is 1. The summed E-state index contributed by atoms with van der Waals surface area (Å²) < 4.78 is 13.2. The molecule has 0 bridgehead atoms. The topological polar surface area (TPSA) is 39.1 Å². The SMILES string of the molecule is N#Cc1cc(F)cc(CNN2CCCCC2)c1. The van der Waals surface area contributed by atoms with Crippen LogP contribution in [0.5, 0.6) is 0 Å². The van der Waals surface area contributed by atoms with Crippen LogP contribution in [0, 0.1) is 17.1 Å². The molecular formula is C13H16FN3. The van der Waals surface area contributed by atoms with Crippen LogP contribution in [0.15, 0.2) is 18.2 Å². The van der Waals surface area contributed by atoms with Crippen LogP contribution in [0.25, 0.3) is 0 Å². The molecule has 1 aliphatic rings. The summed E-state index contributed by atoms with van der Waals surface area (Å²) in [5.41, 5.74) is 4.46. The van der Waals surface area contributed by atoms with Crippen molar-refractivity contribution in [3.63, 3.8) is 0 Å². The van der Waals surface area contributed by atoms with E-state index in [9.17, 15) is 4.39 Å². The van der Waals surface area contributed by atoms with E-state index >= 15 is 0 Å². The first kappa shape index (κ1) is 12.0. The summed E-state index contributed by atoms with van der Waals surface area (Å²) in [6.07, 6.45) is 3.70. The third-order valence-electron chi connectivity index (χ3n) is 2.95. The Labute approximate surface area is 101 Å². The van der Waals surface area contributed by atoms with Gasteiger partial charge >= 0.3 is 0 Å². The molecule has 0 unspecified atom stereocenters. The number of halogens is 1. The Kier molecular flexibility index (Phi) is 4.08. The van der Waals surface area contributed by atoms with E-state index in [4.69, 9.17) is 5.26 Å². The van der Waals surface area contributed by atoms with Gasteiger partial charge < -0.3 is 0 Å². The van der Waals surface area contributed by atoms with Gasteiger partial charge in [-0.25, -0.2) is 9.40 Å². The zero-order valence-electron chi connectivity index (χ0n) is 9.75. The number of hydrogen-bond acceptors (Lipinski definition) is 3. The highest BCUT2D eigenvalue weighted by Gasteiger charge is 2.09. The minimum absolute atomic E-state index is 0.348. The van der Waals surface area contributed by atoms with Crippen molar-refractivity contribution in [2.75, 3.05) is 13.1 Å². The van der Waals surface area contributed by atoms with Crippen LogP contribution in [-0.2, 0) is 6.54 Å². The Balaban J connectivity index is 1.94. The molecule has 1 fully saturated rings. The molecule has 0 aliphatic carbocycles. The van der Waals surface area contributed by atoms with Crippen molar-refractivity contribution in [3.05, 3.63) is 35.1 Å². The fourth-order valence-electron chi connectivity index (χ4n) is 2.07. The molecule has 1 aromatic rings. The van der Waals surface area contributed by atoms with E-state index in [-0.39, 0.29) is 5.82 Å². The van der Waals surface area contributed by atoms with E-state index in [1.807, 2.05) is 6.07 Å². The molecule has 0 atom stereocenters. The zero-order chi connectivity index (χ0) is 12.1. The lowest BCUT2D eigenvalue weighted by Crippen LogP contribution is -2.41. The maximum atomic E-state index is 13.2. The predicted octanol–water partition coefficient (Wildman–Crippen LogP) is 2.19. The van der Waals surface area contributed by atoms with Crippen molar-refractivity contribution < 1.29 is 4.39 Å². The summed E-state index contributed by atoms with van der Waals surface area (Å²) in [7, 11) is 0. The van der Waals surface area contributed by atoms with Crippen LogP contribution in [0.2, 0.25) is 0 Å². The molecule has 17 heavy (non-hydrogen) atoms. The van der Waals surface area contributed by atoms with Gasteiger partial charge in [0.2, 0.25) is 0 Å². The molecule has 90 valence electrons. The van der Waals surface area contributed by atoms with Crippen molar-refractivity contribution >= 4 is 0 Å². The van der Waals surface area contributed by atoms with Crippen LogP contribution in [0.3, 0.4) is 0 Å². The van der Waals surface area contributed by atoms with Gasteiger partial charge in [0, 0.05) is 19.6 Å². The second-order valence-electron chi connectivity index (χ2n) is 4.34. The lowest BCUT2D eigenvalue weighted by Gasteiger charge is -2.27. The van der Waals surface area contributed by atoms with Gasteiger partial charge in [0.15, 0.2) is 0 Å². The van der Waals surface area contributed by atoms with Gasteiger partial charge in [-0.2, -0.15) is 5.26 Å². The first-order valence-electron chi connectivity index (χ1n) is 5.96. The molecule has 2 rings (SSSR count). The summed E-state index contributed by atoms with van der Waals surface area (Å²) in [4.78, 5) is 0. The lowest BCUT2D eigenvalue weighted by atomic mass is 10.1. The van der Waals surface area contributed by atoms with Crippen molar-refractivity contribution in [1.82, 2.24) is 10.4 Å². The summed E-state index contributed by atoms with van der Waals surface area (Å²) in [6.45, 7) is 2.66. The number of nitrogens with zero attached hydrogens (tertiary/aromatic N) is 2. The number of hydrazine groups is 1. The Morgan fingerprint density at radius 2 is 2.00 bits per heavy atom. The molecular weight excluding hydrogens is 217 g/mol. The largest absolute Gasteiger partial charge is 0.251 e. The molecule has 4 heteroatoms. The molecule has 1 aromatic carbocycles. The van der Waals surface area contributed by atoms with Crippen molar-refractivity contribution in [3.8, 4) is 6.07 Å². The van der Waals surface area contributed by atoms with Crippen LogP contribution >= 0.6 is 0 Å². The first-order chi connectivity index (χ1) is 8.28. The van der Waals surface area contributed by atoms with Crippen molar-refractivity contribution in [2.45, 2.75) is 25.8 Å². The first-order valence-corrected chi connectivity index (χ1v) is 5.96. The van der Waals surface area contributed by atoms with Gasteiger partial charge in [0.05, 0.1) is 11.6 Å². The van der Waals surface area contributed by atoms with E-state index in [1.54, 1.807) is 6.07 Å². The second kappa shape index (κ2) is 5.76. The number of rotatable bonds is 3. The highest BCUT2D eigenvalue weighted by atomic mass is 19.1. The Morgan fingerprint density at radius 3 is 2.71 bits per heavy atom. The number of hydrogen-bond donors (Lipinski definition) is 1. The van der Waals surface area contributed by atoms with Crippen molar-refractivity contribution in [2.24, 2.45) is 0 Å². The van der Waals surface area contributed by atoms with Gasteiger partial charge in [0.25, 0.3) is 0 Å². The van der Waals surface area contributed by atoms with Crippen LogP contribution < -0.4 is 5.43 Å².